The lowest BCUT2D eigenvalue weighted by Gasteiger charge is -2.25. The predicted molar refractivity (Wildman–Crippen MR) is 75.0 cm³/mol. The topological polar surface area (TPSA) is 67.6 Å². The quantitative estimate of drug-likeness (QED) is 0.866. The maximum atomic E-state index is 5.44. The van der Waals surface area contributed by atoms with E-state index in [1.807, 2.05) is 4.52 Å². The summed E-state index contributed by atoms with van der Waals surface area (Å²) in [5.41, 5.74) is 0. The van der Waals surface area contributed by atoms with Crippen LogP contribution in [0.1, 0.15) is 23.2 Å². The molecule has 0 saturated carbocycles. The van der Waals surface area contributed by atoms with E-state index >= 15 is 0 Å². The van der Waals surface area contributed by atoms with Crippen LogP contribution in [-0.2, 0) is 11.3 Å². The van der Waals surface area contributed by atoms with Gasteiger partial charge in [-0.2, -0.15) is 9.61 Å². The Balaban J connectivity index is 1.55. The van der Waals surface area contributed by atoms with E-state index in [2.05, 4.69) is 20.4 Å². The summed E-state index contributed by atoms with van der Waals surface area (Å²) in [6.07, 6.45) is 1.02. The van der Waals surface area contributed by atoms with Crippen LogP contribution in [0.4, 0.5) is 0 Å². The highest BCUT2D eigenvalue weighted by molar-refractivity contribution is 7.16. The van der Waals surface area contributed by atoms with Gasteiger partial charge in [-0.05, 0) is 6.42 Å². The summed E-state index contributed by atoms with van der Waals surface area (Å²) >= 11 is 1.65. The van der Waals surface area contributed by atoms with Gasteiger partial charge in [0.25, 0.3) is 0 Å². The molecule has 1 N–H and O–H groups in total. The minimum atomic E-state index is 0.346. The first-order valence-corrected chi connectivity index (χ1v) is 7.93. The van der Waals surface area contributed by atoms with Crippen LogP contribution in [0.15, 0.2) is 0 Å². The number of fused-ring (bicyclic) bond motifs is 1. The van der Waals surface area contributed by atoms with Crippen molar-refractivity contribution < 1.29 is 4.74 Å². The zero-order valence-electron chi connectivity index (χ0n) is 11.3. The maximum Gasteiger partial charge on any atom is 0.234 e. The summed E-state index contributed by atoms with van der Waals surface area (Å²) in [6, 6.07) is 0. The van der Waals surface area contributed by atoms with Crippen molar-refractivity contribution >= 4 is 16.3 Å². The van der Waals surface area contributed by atoms with Gasteiger partial charge in [-0.3, -0.25) is 4.90 Å². The molecule has 7 nitrogen and oxygen atoms in total. The number of hydrogen-bond donors (Lipinski definition) is 1. The predicted octanol–water partition coefficient (Wildman–Crippen LogP) is 0.0949. The van der Waals surface area contributed by atoms with Gasteiger partial charge in [0.15, 0.2) is 5.82 Å². The summed E-state index contributed by atoms with van der Waals surface area (Å²) in [4.78, 5) is 3.33. The van der Waals surface area contributed by atoms with Crippen molar-refractivity contribution in [3.8, 4) is 0 Å². The molecule has 2 aromatic rings. The Morgan fingerprint density at radius 3 is 3.00 bits per heavy atom. The first kappa shape index (κ1) is 12.6. The van der Waals surface area contributed by atoms with E-state index in [1.165, 1.54) is 0 Å². The molecule has 2 aromatic heterocycles. The molecule has 0 amide bonds. The van der Waals surface area contributed by atoms with Crippen LogP contribution in [0, 0.1) is 0 Å². The molecule has 1 atom stereocenters. The molecule has 2 saturated heterocycles. The number of aromatic nitrogens is 4. The highest BCUT2D eigenvalue weighted by atomic mass is 32.1. The SMILES string of the molecule is C1CN(Cc2nn3c(C4CCOC4)nnc3s2)CCN1. The van der Waals surface area contributed by atoms with Crippen LogP contribution in [0.3, 0.4) is 0 Å². The van der Waals surface area contributed by atoms with E-state index in [0.29, 0.717) is 5.92 Å². The summed E-state index contributed by atoms with van der Waals surface area (Å²) in [6.45, 7) is 6.77. The van der Waals surface area contributed by atoms with Crippen molar-refractivity contribution in [2.45, 2.75) is 18.9 Å². The molecule has 2 aliphatic rings. The van der Waals surface area contributed by atoms with Crippen molar-refractivity contribution in [3.63, 3.8) is 0 Å². The molecule has 20 heavy (non-hydrogen) atoms. The zero-order chi connectivity index (χ0) is 13.4. The lowest BCUT2D eigenvalue weighted by atomic mass is 10.1. The molecule has 2 fully saturated rings. The van der Waals surface area contributed by atoms with Gasteiger partial charge >= 0.3 is 0 Å². The van der Waals surface area contributed by atoms with Crippen LogP contribution in [0.2, 0.25) is 0 Å². The lowest BCUT2D eigenvalue weighted by molar-refractivity contribution is 0.193. The fraction of sp³-hybridized carbons (Fsp3) is 0.750. The average molecular weight is 294 g/mol. The average Bonchev–Trinajstić information content (AvgIpc) is 3.15. The Kier molecular flexibility index (Phi) is 3.39. The van der Waals surface area contributed by atoms with Gasteiger partial charge < -0.3 is 10.1 Å². The molecule has 1 unspecified atom stereocenters. The third kappa shape index (κ3) is 2.32. The molecular formula is C12H18N6OS. The molecule has 4 rings (SSSR count). The minimum absolute atomic E-state index is 0.346. The van der Waals surface area contributed by atoms with Gasteiger partial charge in [-0.25, -0.2) is 0 Å². The zero-order valence-corrected chi connectivity index (χ0v) is 12.1. The second-order valence-electron chi connectivity index (χ2n) is 5.34. The van der Waals surface area contributed by atoms with Crippen molar-refractivity contribution in [2.24, 2.45) is 0 Å². The van der Waals surface area contributed by atoms with Crippen molar-refractivity contribution in [2.75, 3.05) is 39.4 Å². The molecule has 0 aliphatic carbocycles. The van der Waals surface area contributed by atoms with Gasteiger partial charge in [0.2, 0.25) is 4.96 Å². The van der Waals surface area contributed by atoms with Crippen LogP contribution in [0.25, 0.3) is 4.96 Å². The molecule has 2 aliphatic heterocycles. The maximum absolute atomic E-state index is 5.44. The van der Waals surface area contributed by atoms with Gasteiger partial charge in [0, 0.05) is 38.7 Å². The fourth-order valence-electron chi connectivity index (χ4n) is 2.79. The van der Waals surface area contributed by atoms with E-state index in [4.69, 9.17) is 9.84 Å². The number of ether oxygens (including phenoxy) is 1. The highest BCUT2D eigenvalue weighted by Crippen LogP contribution is 2.25. The van der Waals surface area contributed by atoms with Crippen molar-refractivity contribution in [1.29, 1.82) is 0 Å². The third-order valence-corrected chi connectivity index (χ3v) is 4.80. The largest absolute Gasteiger partial charge is 0.381 e. The number of nitrogens with one attached hydrogen (secondary N) is 1. The standard InChI is InChI=1S/C12H18N6OS/c1-6-19-8-9(1)11-14-15-12-18(11)16-10(20-12)7-17-4-2-13-3-5-17/h9,13H,1-8H2. The van der Waals surface area contributed by atoms with Crippen LogP contribution in [0.5, 0.6) is 0 Å². The van der Waals surface area contributed by atoms with Crippen LogP contribution >= 0.6 is 11.3 Å². The lowest BCUT2D eigenvalue weighted by Crippen LogP contribution is -2.42. The molecule has 4 heterocycles. The molecule has 108 valence electrons. The minimum Gasteiger partial charge on any atom is -0.381 e. The monoisotopic (exact) mass is 294 g/mol. The first-order valence-electron chi connectivity index (χ1n) is 7.12. The van der Waals surface area contributed by atoms with Crippen LogP contribution < -0.4 is 5.32 Å². The fourth-order valence-corrected chi connectivity index (χ4v) is 3.67. The third-order valence-electron chi connectivity index (χ3n) is 3.92. The van der Waals surface area contributed by atoms with E-state index in [0.717, 1.165) is 68.2 Å². The first-order chi connectivity index (χ1) is 9.90. The van der Waals surface area contributed by atoms with Gasteiger partial charge in [-0.15, -0.1) is 10.2 Å². The normalized spacial score (nSPS) is 24.7. The molecule has 0 spiro atoms. The smallest absolute Gasteiger partial charge is 0.234 e. The Morgan fingerprint density at radius 1 is 1.30 bits per heavy atom. The van der Waals surface area contributed by atoms with E-state index in [9.17, 15) is 0 Å². The van der Waals surface area contributed by atoms with Crippen LogP contribution in [-0.4, -0.2) is 64.1 Å². The summed E-state index contributed by atoms with van der Waals surface area (Å²) < 4.78 is 7.36. The molecule has 8 heteroatoms. The van der Waals surface area contributed by atoms with Gasteiger partial charge in [0.05, 0.1) is 13.2 Å². The number of nitrogens with zero attached hydrogens (tertiary/aromatic N) is 5. The highest BCUT2D eigenvalue weighted by Gasteiger charge is 2.25. The van der Waals surface area contributed by atoms with E-state index in [1.54, 1.807) is 11.3 Å². The van der Waals surface area contributed by atoms with E-state index in [-0.39, 0.29) is 0 Å². The molecule has 0 aromatic carbocycles. The Bertz CT molecular complexity index is 584. The number of hydrogen-bond acceptors (Lipinski definition) is 7. The van der Waals surface area contributed by atoms with Gasteiger partial charge in [0.1, 0.15) is 5.01 Å². The Morgan fingerprint density at radius 2 is 2.20 bits per heavy atom. The summed E-state index contributed by atoms with van der Waals surface area (Å²) in [5, 5.41) is 17.7. The summed E-state index contributed by atoms with van der Waals surface area (Å²) in [7, 11) is 0. The Labute approximate surface area is 120 Å². The Hall–Kier alpha value is -1.09. The van der Waals surface area contributed by atoms with Crippen molar-refractivity contribution in [3.05, 3.63) is 10.8 Å². The molecule has 0 bridgehead atoms. The van der Waals surface area contributed by atoms with Gasteiger partial charge in [-0.1, -0.05) is 11.3 Å². The number of piperazine rings is 1. The second-order valence-corrected chi connectivity index (χ2v) is 6.38. The van der Waals surface area contributed by atoms with Crippen molar-refractivity contribution in [1.82, 2.24) is 30.0 Å². The summed E-state index contributed by atoms with van der Waals surface area (Å²) in [5.74, 6) is 1.31. The number of rotatable bonds is 3. The molecule has 0 radical (unpaired) electrons. The second kappa shape index (κ2) is 5.36. The van der Waals surface area contributed by atoms with E-state index < -0.39 is 0 Å². The molecular weight excluding hydrogens is 276 g/mol.